The van der Waals surface area contributed by atoms with E-state index in [-0.39, 0.29) is 35.8 Å². The maximum absolute atomic E-state index is 13.4. The zero-order chi connectivity index (χ0) is 21.5. The van der Waals surface area contributed by atoms with E-state index in [9.17, 15) is 17.2 Å². The van der Waals surface area contributed by atoms with Gasteiger partial charge in [-0.2, -0.15) is 10.1 Å². The van der Waals surface area contributed by atoms with Crippen molar-refractivity contribution in [3.63, 3.8) is 0 Å². The Morgan fingerprint density at radius 1 is 1.30 bits per heavy atom. The van der Waals surface area contributed by atoms with E-state index < -0.39 is 16.4 Å². The van der Waals surface area contributed by atoms with Crippen molar-refractivity contribution in [3.8, 4) is 11.6 Å². The summed E-state index contributed by atoms with van der Waals surface area (Å²) in [4.78, 5) is 4.46. The first-order valence-corrected chi connectivity index (χ1v) is 11.3. The molecule has 2 aromatic heterocycles. The number of aryl methyl sites for hydroxylation is 1. The van der Waals surface area contributed by atoms with E-state index >= 15 is 0 Å². The van der Waals surface area contributed by atoms with Crippen molar-refractivity contribution in [2.24, 2.45) is 0 Å². The van der Waals surface area contributed by atoms with E-state index in [0.29, 0.717) is 5.82 Å². The molecule has 0 amide bonds. The van der Waals surface area contributed by atoms with Crippen LogP contribution in [0, 0.1) is 6.92 Å². The van der Waals surface area contributed by atoms with Crippen LogP contribution in [-0.4, -0.2) is 41.1 Å². The second-order valence-corrected chi connectivity index (χ2v) is 9.30. The number of halogens is 2. The van der Waals surface area contributed by atoms with Crippen LogP contribution >= 0.6 is 0 Å². The molecule has 0 radical (unpaired) electrons. The highest BCUT2D eigenvalue weighted by atomic mass is 32.2. The second kappa shape index (κ2) is 7.55. The van der Waals surface area contributed by atoms with E-state index in [1.807, 2.05) is 31.2 Å². The standard InChI is InChI=1S/C19H21F2N5O3S/c1-12-5-3-4-6-13(12)19(7-8-19)18-23-17(29-25-18)14-11-15(16(20)21)26(24-14)10-9-22-30(2,27)28/h3-6,11,16,22H,7-10H2,1-2H3. The van der Waals surface area contributed by atoms with Gasteiger partial charge in [0.05, 0.1) is 18.2 Å². The lowest BCUT2D eigenvalue weighted by molar-refractivity contribution is 0.139. The molecule has 30 heavy (non-hydrogen) atoms. The van der Waals surface area contributed by atoms with E-state index in [1.165, 1.54) is 6.07 Å². The van der Waals surface area contributed by atoms with Gasteiger partial charge >= 0.3 is 0 Å². The lowest BCUT2D eigenvalue weighted by atomic mass is 9.91. The average molecular weight is 437 g/mol. The summed E-state index contributed by atoms with van der Waals surface area (Å²) in [5.41, 5.74) is 1.72. The van der Waals surface area contributed by atoms with Crippen molar-refractivity contribution in [3.05, 3.63) is 53.0 Å². The van der Waals surface area contributed by atoms with E-state index in [4.69, 9.17) is 4.52 Å². The van der Waals surface area contributed by atoms with Crippen LogP contribution in [0.1, 0.15) is 41.9 Å². The molecule has 11 heteroatoms. The van der Waals surface area contributed by atoms with Crippen molar-refractivity contribution < 1.29 is 21.7 Å². The van der Waals surface area contributed by atoms with E-state index in [2.05, 4.69) is 20.0 Å². The average Bonchev–Trinajstić information content (AvgIpc) is 3.12. The highest BCUT2D eigenvalue weighted by Crippen LogP contribution is 2.53. The van der Waals surface area contributed by atoms with Gasteiger partial charge in [-0.25, -0.2) is 21.9 Å². The minimum absolute atomic E-state index is 0.0547. The molecule has 1 saturated carbocycles. The number of aromatic nitrogens is 4. The van der Waals surface area contributed by atoms with E-state index in [0.717, 1.165) is 34.9 Å². The molecule has 8 nitrogen and oxygen atoms in total. The third kappa shape index (κ3) is 3.99. The zero-order valence-corrected chi connectivity index (χ0v) is 17.3. The number of hydrogen-bond donors (Lipinski definition) is 1. The van der Waals surface area contributed by atoms with Crippen LogP contribution in [0.2, 0.25) is 0 Å². The van der Waals surface area contributed by atoms with Crippen LogP contribution in [0.15, 0.2) is 34.9 Å². The van der Waals surface area contributed by atoms with Crippen LogP contribution < -0.4 is 4.72 Å². The number of rotatable bonds is 8. The minimum Gasteiger partial charge on any atom is -0.332 e. The third-order valence-corrected chi connectivity index (χ3v) is 5.93. The molecular formula is C19H21F2N5O3S. The van der Waals surface area contributed by atoms with Crippen molar-refractivity contribution in [1.82, 2.24) is 24.6 Å². The molecule has 4 rings (SSSR count). The fourth-order valence-corrected chi connectivity index (χ4v) is 4.06. The third-order valence-electron chi connectivity index (χ3n) is 5.21. The lowest BCUT2D eigenvalue weighted by Gasteiger charge is -2.13. The van der Waals surface area contributed by atoms with Gasteiger partial charge in [-0.3, -0.25) is 4.68 Å². The summed E-state index contributed by atoms with van der Waals surface area (Å²) in [6.07, 6.45) is -0.0266. The molecule has 3 aromatic rings. The zero-order valence-electron chi connectivity index (χ0n) is 16.5. The molecule has 1 aliphatic rings. The predicted molar refractivity (Wildman–Crippen MR) is 105 cm³/mol. The number of nitrogens with one attached hydrogen (secondary N) is 1. The Labute approximate surface area is 172 Å². The first kappa shape index (κ1) is 20.6. The Hall–Kier alpha value is -2.66. The Kier molecular flexibility index (Phi) is 5.18. The van der Waals surface area contributed by atoms with E-state index in [1.54, 1.807) is 0 Å². The maximum Gasteiger partial charge on any atom is 0.280 e. The number of sulfonamides is 1. The van der Waals surface area contributed by atoms with Gasteiger partial charge < -0.3 is 4.52 Å². The van der Waals surface area contributed by atoms with Crippen LogP contribution in [0.3, 0.4) is 0 Å². The molecule has 1 fully saturated rings. The van der Waals surface area contributed by atoms with Crippen molar-refractivity contribution in [1.29, 1.82) is 0 Å². The first-order valence-electron chi connectivity index (χ1n) is 9.41. The molecular weight excluding hydrogens is 416 g/mol. The van der Waals surface area contributed by atoms with Gasteiger partial charge in [-0.05, 0) is 37.0 Å². The monoisotopic (exact) mass is 437 g/mol. The molecule has 0 unspecified atom stereocenters. The molecule has 160 valence electrons. The van der Waals surface area contributed by atoms with Gasteiger partial charge in [0.25, 0.3) is 12.3 Å². The van der Waals surface area contributed by atoms with Gasteiger partial charge in [0.1, 0.15) is 5.69 Å². The van der Waals surface area contributed by atoms with Crippen molar-refractivity contribution >= 4 is 10.0 Å². The van der Waals surface area contributed by atoms with Crippen molar-refractivity contribution in [2.45, 2.75) is 38.2 Å². The number of hydrogen-bond acceptors (Lipinski definition) is 6. The van der Waals surface area contributed by atoms with Crippen LogP contribution in [0.5, 0.6) is 0 Å². The fraction of sp³-hybridized carbons (Fsp3) is 0.421. The number of alkyl halides is 2. The SMILES string of the molecule is Cc1ccccc1C1(c2noc(-c3cc(C(F)F)n(CCNS(C)(=O)=O)n3)n2)CC1. The summed E-state index contributed by atoms with van der Waals surface area (Å²) in [5, 5.41) is 8.24. The summed E-state index contributed by atoms with van der Waals surface area (Å²) >= 11 is 0. The predicted octanol–water partition coefficient (Wildman–Crippen LogP) is 2.81. The van der Waals surface area contributed by atoms with Crippen LogP contribution in [0.4, 0.5) is 8.78 Å². The molecule has 0 atom stereocenters. The summed E-state index contributed by atoms with van der Waals surface area (Å²) in [6, 6.07) is 9.18. The Morgan fingerprint density at radius 3 is 2.67 bits per heavy atom. The van der Waals surface area contributed by atoms with Gasteiger partial charge in [0.2, 0.25) is 10.0 Å². The molecule has 0 bridgehead atoms. The Balaban J connectivity index is 1.61. The van der Waals surface area contributed by atoms with Crippen LogP contribution in [0.25, 0.3) is 11.6 Å². The second-order valence-electron chi connectivity index (χ2n) is 7.46. The highest BCUT2D eigenvalue weighted by molar-refractivity contribution is 7.88. The lowest BCUT2D eigenvalue weighted by Crippen LogP contribution is -2.26. The summed E-state index contributed by atoms with van der Waals surface area (Å²) in [6.45, 7) is 1.91. The largest absolute Gasteiger partial charge is 0.332 e. The molecule has 1 aliphatic carbocycles. The highest BCUT2D eigenvalue weighted by Gasteiger charge is 2.50. The molecule has 1 N–H and O–H groups in total. The van der Waals surface area contributed by atoms with Gasteiger partial charge in [-0.1, -0.05) is 29.4 Å². The van der Waals surface area contributed by atoms with Crippen LogP contribution in [-0.2, 0) is 22.0 Å². The molecule has 0 saturated heterocycles. The summed E-state index contributed by atoms with van der Waals surface area (Å²) in [7, 11) is -3.43. The van der Waals surface area contributed by atoms with Gasteiger partial charge in [0, 0.05) is 6.54 Å². The molecule has 2 heterocycles. The maximum atomic E-state index is 13.4. The smallest absolute Gasteiger partial charge is 0.280 e. The number of nitrogens with zero attached hydrogens (tertiary/aromatic N) is 4. The van der Waals surface area contributed by atoms with Gasteiger partial charge in [0.15, 0.2) is 11.5 Å². The van der Waals surface area contributed by atoms with Gasteiger partial charge in [-0.15, -0.1) is 0 Å². The first-order chi connectivity index (χ1) is 14.2. The minimum atomic E-state index is -3.43. The van der Waals surface area contributed by atoms with Crippen molar-refractivity contribution in [2.75, 3.05) is 12.8 Å². The topological polar surface area (TPSA) is 103 Å². The summed E-state index contributed by atoms with van der Waals surface area (Å²) in [5.74, 6) is 0.570. The molecule has 0 spiro atoms. The quantitative estimate of drug-likeness (QED) is 0.581. The molecule has 1 aromatic carbocycles. The Morgan fingerprint density at radius 2 is 2.03 bits per heavy atom. The number of benzene rings is 1. The fourth-order valence-electron chi connectivity index (χ4n) is 3.60. The Bertz CT molecular complexity index is 1170. The summed E-state index contributed by atoms with van der Waals surface area (Å²) < 4.78 is 57.9. The molecule has 0 aliphatic heterocycles. The normalized spacial score (nSPS) is 15.6.